The van der Waals surface area contributed by atoms with E-state index in [-0.39, 0.29) is 17.4 Å². The van der Waals surface area contributed by atoms with Gasteiger partial charge in [-0.05, 0) is 54.2 Å². The van der Waals surface area contributed by atoms with Gasteiger partial charge >= 0.3 is 5.97 Å². The summed E-state index contributed by atoms with van der Waals surface area (Å²) in [5.74, 6) is 1.10. The van der Waals surface area contributed by atoms with Gasteiger partial charge in [0.05, 0.1) is 5.56 Å². The molecule has 0 spiro atoms. The molecule has 5 rings (SSSR count). The van der Waals surface area contributed by atoms with E-state index in [1.807, 2.05) is 57.4 Å². The number of aromatic nitrogens is 4. The molecule has 1 aliphatic carbocycles. The van der Waals surface area contributed by atoms with Crippen LogP contribution in [0.5, 0.6) is 0 Å². The third kappa shape index (κ3) is 7.54. The molecule has 1 aliphatic rings. The summed E-state index contributed by atoms with van der Waals surface area (Å²) in [7, 11) is 0. The van der Waals surface area contributed by atoms with Crippen molar-refractivity contribution in [2.24, 2.45) is 5.92 Å². The average molecular weight is 592 g/mol. The minimum absolute atomic E-state index is 0.123. The minimum atomic E-state index is -1.12. The van der Waals surface area contributed by atoms with Crippen molar-refractivity contribution in [1.29, 1.82) is 0 Å². The van der Waals surface area contributed by atoms with Gasteiger partial charge in [-0.3, -0.25) is 4.79 Å². The highest BCUT2D eigenvalue weighted by Crippen LogP contribution is 2.37. The first-order valence-electron chi connectivity index (χ1n) is 15.5. The van der Waals surface area contributed by atoms with Gasteiger partial charge in [-0.1, -0.05) is 82.6 Å². The van der Waals surface area contributed by atoms with Crippen molar-refractivity contribution in [1.82, 2.24) is 25.3 Å². The average Bonchev–Trinajstić information content (AvgIpc) is 3.04. The molecule has 1 amide bonds. The van der Waals surface area contributed by atoms with E-state index in [2.05, 4.69) is 56.4 Å². The van der Waals surface area contributed by atoms with Gasteiger partial charge in [-0.25, -0.2) is 24.7 Å². The van der Waals surface area contributed by atoms with Gasteiger partial charge in [-0.15, -0.1) is 0 Å². The quantitative estimate of drug-likeness (QED) is 0.215. The van der Waals surface area contributed by atoms with Crippen LogP contribution in [-0.2, 0) is 16.6 Å². The Morgan fingerprint density at radius 3 is 1.95 bits per heavy atom. The van der Waals surface area contributed by atoms with Gasteiger partial charge in [0, 0.05) is 47.8 Å². The zero-order valence-corrected chi connectivity index (χ0v) is 26.0. The summed E-state index contributed by atoms with van der Waals surface area (Å²) in [6.45, 7) is 8.24. The number of benzene rings is 2. The highest BCUT2D eigenvalue weighted by atomic mass is 16.4. The van der Waals surface area contributed by atoms with Crippen molar-refractivity contribution in [2.75, 3.05) is 0 Å². The first-order chi connectivity index (χ1) is 21.1. The van der Waals surface area contributed by atoms with Crippen molar-refractivity contribution in [2.45, 2.75) is 83.6 Å². The van der Waals surface area contributed by atoms with Crippen LogP contribution in [0.2, 0.25) is 0 Å². The number of hydrogen-bond donors (Lipinski definition) is 2. The van der Waals surface area contributed by atoms with Crippen LogP contribution in [0.25, 0.3) is 22.5 Å². The number of carboxylic acid groups (broad SMARTS) is 1. The molecule has 228 valence electrons. The zero-order chi connectivity index (χ0) is 31.3. The lowest BCUT2D eigenvalue weighted by Gasteiger charge is -2.28. The lowest BCUT2D eigenvalue weighted by Crippen LogP contribution is -2.42. The number of hydrogen-bond acceptors (Lipinski definition) is 6. The van der Waals surface area contributed by atoms with E-state index >= 15 is 0 Å². The summed E-state index contributed by atoms with van der Waals surface area (Å²) < 4.78 is 0. The molecule has 2 aromatic carbocycles. The van der Waals surface area contributed by atoms with E-state index in [0.717, 1.165) is 28.2 Å². The molecule has 0 bridgehead atoms. The summed E-state index contributed by atoms with van der Waals surface area (Å²) in [6, 6.07) is 15.1. The van der Waals surface area contributed by atoms with Crippen LogP contribution in [0.4, 0.5) is 0 Å². The Morgan fingerprint density at radius 1 is 0.818 bits per heavy atom. The summed E-state index contributed by atoms with van der Waals surface area (Å²) in [5.41, 5.74) is 5.03. The van der Waals surface area contributed by atoms with Crippen LogP contribution >= 0.6 is 0 Å². The topological polar surface area (TPSA) is 118 Å². The number of amides is 1. The van der Waals surface area contributed by atoms with Crippen LogP contribution in [0.15, 0.2) is 73.3 Å². The molecule has 1 saturated carbocycles. The van der Waals surface area contributed by atoms with Crippen molar-refractivity contribution in [3.05, 3.63) is 95.8 Å². The summed E-state index contributed by atoms with van der Waals surface area (Å²) in [6.07, 6.45) is 13.2. The van der Waals surface area contributed by atoms with E-state index in [1.54, 1.807) is 0 Å². The molecule has 0 saturated heterocycles. The van der Waals surface area contributed by atoms with Gasteiger partial charge in [0.25, 0.3) is 5.91 Å². The van der Waals surface area contributed by atoms with Crippen molar-refractivity contribution < 1.29 is 14.7 Å². The molecule has 0 radical (unpaired) electrons. The third-order valence-electron chi connectivity index (χ3n) is 8.63. The fourth-order valence-electron chi connectivity index (χ4n) is 5.78. The molecule has 8 nitrogen and oxygen atoms in total. The Bertz CT molecular complexity index is 1550. The van der Waals surface area contributed by atoms with Crippen LogP contribution < -0.4 is 5.32 Å². The normalized spacial score (nSPS) is 17.5. The van der Waals surface area contributed by atoms with E-state index in [0.29, 0.717) is 17.6 Å². The van der Waals surface area contributed by atoms with Crippen molar-refractivity contribution in [3.8, 4) is 22.5 Å². The Morgan fingerprint density at radius 2 is 1.41 bits per heavy atom. The Kier molecular flexibility index (Phi) is 9.47. The molecule has 1 fully saturated rings. The van der Waals surface area contributed by atoms with Crippen LogP contribution in [0, 0.1) is 5.92 Å². The smallest absolute Gasteiger partial charge is 0.326 e. The summed E-state index contributed by atoms with van der Waals surface area (Å²) >= 11 is 0. The predicted octanol–water partition coefficient (Wildman–Crippen LogP) is 7.01. The minimum Gasteiger partial charge on any atom is -0.480 e. The first kappa shape index (κ1) is 31.0. The number of aliphatic carboxylic acids is 1. The van der Waals surface area contributed by atoms with Gasteiger partial charge in [-0.2, -0.15) is 0 Å². The second-order valence-electron chi connectivity index (χ2n) is 12.9. The van der Waals surface area contributed by atoms with Crippen LogP contribution in [0.3, 0.4) is 0 Å². The third-order valence-corrected chi connectivity index (χ3v) is 8.63. The van der Waals surface area contributed by atoms with E-state index in [9.17, 15) is 14.7 Å². The van der Waals surface area contributed by atoms with Crippen molar-refractivity contribution in [3.63, 3.8) is 0 Å². The lowest BCUT2D eigenvalue weighted by atomic mass is 9.78. The monoisotopic (exact) mass is 591 g/mol. The second kappa shape index (κ2) is 13.5. The lowest BCUT2D eigenvalue weighted by molar-refractivity contribution is -0.139. The maximum Gasteiger partial charge on any atom is 0.326 e. The molecular formula is C36H41N5O3. The fourth-order valence-corrected chi connectivity index (χ4v) is 5.78. The number of nitrogens with one attached hydrogen (secondary N) is 1. The molecule has 0 unspecified atom stereocenters. The van der Waals surface area contributed by atoms with Gasteiger partial charge in [0.2, 0.25) is 0 Å². The second-order valence-corrected chi connectivity index (χ2v) is 12.9. The van der Waals surface area contributed by atoms with E-state index in [4.69, 9.17) is 0 Å². The zero-order valence-electron chi connectivity index (χ0n) is 26.0. The predicted molar refractivity (Wildman–Crippen MR) is 171 cm³/mol. The molecule has 44 heavy (non-hydrogen) atoms. The Labute approximate surface area is 259 Å². The molecular weight excluding hydrogens is 550 g/mol. The molecule has 2 aromatic heterocycles. The number of carboxylic acids is 1. The van der Waals surface area contributed by atoms with E-state index < -0.39 is 17.9 Å². The van der Waals surface area contributed by atoms with Crippen LogP contribution in [-0.4, -0.2) is 43.0 Å². The number of nitrogens with zero attached hydrogens (tertiary/aromatic N) is 4. The van der Waals surface area contributed by atoms with Crippen molar-refractivity contribution >= 4 is 11.9 Å². The Balaban J connectivity index is 1.19. The summed E-state index contributed by atoms with van der Waals surface area (Å²) in [5, 5.41) is 12.4. The van der Waals surface area contributed by atoms with Gasteiger partial charge in [0.1, 0.15) is 11.9 Å². The van der Waals surface area contributed by atoms with Crippen LogP contribution in [0.1, 0.15) is 93.0 Å². The number of carbonyl (C=O) groups is 2. The number of carbonyl (C=O) groups excluding carboxylic acids is 1. The summed E-state index contributed by atoms with van der Waals surface area (Å²) in [4.78, 5) is 42.4. The fraction of sp³-hybridized carbons (Fsp3) is 0.389. The Hall–Kier alpha value is -4.46. The van der Waals surface area contributed by atoms with E-state index in [1.165, 1.54) is 50.1 Å². The molecule has 2 N–H and O–H groups in total. The standard InChI is InChI=1S/C36H41N5O3/c1-5-23-6-10-25(11-7-23)26-14-16-27(17-15-26)29-19-37-32(38-20-29)28-12-8-24(9-13-28)18-31(34(43)44)41-33(42)30-21-39-35(40-22-30)36(2,3)4/h8-9,12-17,19-23,25,31H,5-7,10-11,18H2,1-4H3,(H,41,42)(H,43,44)/t23-,25-,31-/m0/s1. The van der Waals surface area contributed by atoms with Gasteiger partial charge in [0.15, 0.2) is 5.82 Å². The highest BCUT2D eigenvalue weighted by Gasteiger charge is 2.24. The molecule has 4 aromatic rings. The first-order valence-corrected chi connectivity index (χ1v) is 15.5. The SMILES string of the molecule is CC[C@H]1CC[C@H](c2ccc(-c3cnc(-c4ccc(C[C@H](NC(=O)c5cnc(C(C)(C)C)nc5)C(=O)O)cc4)nc3)cc2)CC1. The molecule has 1 atom stereocenters. The molecule has 8 heteroatoms. The molecule has 0 aliphatic heterocycles. The molecule has 2 heterocycles. The highest BCUT2D eigenvalue weighted by molar-refractivity contribution is 5.96. The maximum atomic E-state index is 12.7. The number of rotatable bonds is 9. The maximum absolute atomic E-state index is 12.7. The largest absolute Gasteiger partial charge is 0.480 e. The van der Waals surface area contributed by atoms with Gasteiger partial charge < -0.3 is 10.4 Å².